The lowest BCUT2D eigenvalue weighted by molar-refractivity contribution is -0.108. The van der Waals surface area contributed by atoms with Crippen LogP contribution in [0.4, 0.5) is 0 Å². The summed E-state index contributed by atoms with van der Waals surface area (Å²) < 4.78 is 11.4. The van der Waals surface area contributed by atoms with Crippen molar-refractivity contribution in [1.29, 1.82) is 0 Å². The summed E-state index contributed by atoms with van der Waals surface area (Å²) >= 11 is 6.34. The highest BCUT2D eigenvalue weighted by atomic mass is 35.5. The largest absolute Gasteiger partial charge is 0.493 e. The number of hydrogen-bond donors (Lipinski definition) is 0. The third kappa shape index (κ3) is 3.45. The first kappa shape index (κ1) is 15.2. The van der Waals surface area contributed by atoms with Gasteiger partial charge in [0.05, 0.1) is 18.2 Å². The molecule has 0 saturated heterocycles. The maximum Gasteiger partial charge on any atom is 0.180 e. The maximum atomic E-state index is 10.6. The second kappa shape index (κ2) is 6.98. The van der Waals surface area contributed by atoms with Crippen LogP contribution in [0.3, 0.4) is 0 Å². The Bertz CT molecular complexity index is 467. The molecule has 1 aromatic carbocycles. The maximum absolute atomic E-state index is 10.6. The number of rotatable bonds is 6. The Morgan fingerprint density at radius 3 is 2.70 bits per heavy atom. The second-order valence-corrected chi connectivity index (χ2v) is 5.77. The van der Waals surface area contributed by atoms with Gasteiger partial charge in [0.15, 0.2) is 11.5 Å². The summed E-state index contributed by atoms with van der Waals surface area (Å²) in [6, 6.07) is 3.80. The summed E-state index contributed by atoms with van der Waals surface area (Å²) in [4.78, 5) is 10.6. The Labute approximate surface area is 125 Å². The van der Waals surface area contributed by atoms with E-state index in [9.17, 15) is 4.79 Å². The van der Waals surface area contributed by atoms with Crippen LogP contribution in [0.25, 0.3) is 0 Å². The van der Waals surface area contributed by atoms with Gasteiger partial charge in [-0.15, -0.1) is 0 Å². The lowest BCUT2D eigenvalue weighted by atomic mass is 9.98. The normalized spacial score (nSPS) is 16.9. The monoisotopic (exact) mass is 296 g/mol. The number of hydrogen-bond acceptors (Lipinski definition) is 3. The molecule has 20 heavy (non-hydrogen) atoms. The van der Waals surface area contributed by atoms with Crippen molar-refractivity contribution in [1.82, 2.24) is 0 Å². The number of aldehydes is 1. The molecule has 0 aliphatic heterocycles. The predicted molar refractivity (Wildman–Crippen MR) is 80.0 cm³/mol. The van der Waals surface area contributed by atoms with Gasteiger partial charge in [0.2, 0.25) is 0 Å². The van der Waals surface area contributed by atoms with E-state index >= 15 is 0 Å². The Balaban J connectivity index is 2.25. The molecule has 1 saturated carbocycles. The smallest absolute Gasteiger partial charge is 0.180 e. The van der Waals surface area contributed by atoms with Crippen LogP contribution in [0.5, 0.6) is 11.5 Å². The average molecular weight is 297 g/mol. The van der Waals surface area contributed by atoms with Crippen molar-refractivity contribution < 1.29 is 14.3 Å². The fraction of sp³-hybridized carbons (Fsp3) is 0.562. The fourth-order valence-corrected chi connectivity index (χ4v) is 2.86. The van der Waals surface area contributed by atoms with E-state index in [1.807, 2.05) is 19.1 Å². The van der Waals surface area contributed by atoms with Gasteiger partial charge in [0.25, 0.3) is 0 Å². The van der Waals surface area contributed by atoms with Crippen molar-refractivity contribution in [2.24, 2.45) is 0 Å². The average Bonchev–Trinajstić information content (AvgIpc) is 2.94. The number of methoxy groups -OCH3 is 1. The zero-order chi connectivity index (χ0) is 14.5. The zero-order valence-corrected chi connectivity index (χ0v) is 12.8. The lowest BCUT2D eigenvalue weighted by Gasteiger charge is -2.19. The van der Waals surface area contributed by atoms with Gasteiger partial charge in [-0.1, -0.05) is 18.5 Å². The van der Waals surface area contributed by atoms with E-state index in [1.54, 1.807) is 7.11 Å². The Kier molecular flexibility index (Phi) is 5.30. The third-order valence-corrected chi connectivity index (χ3v) is 4.14. The topological polar surface area (TPSA) is 35.5 Å². The molecular formula is C16H21ClO3. The van der Waals surface area contributed by atoms with Crippen LogP contribution >= 0.6 is 11.6 Å². The summed E-state index contributed by atoms with van der Waals surface area (Å²) in [6.45, 7) is 2.00. The van der Waals surface area contributed by atoms with E-state index in [0.29, 0.717) is 22.9 Å². The molecular weight excluding hydrogens is 276 g/mol. The molecule has 1 fully saturated rings. The van der Waals surface area contributed by atoms with Gasteiger partial charge in [-0.3, -0.25) is 0 Å². The van der Waals surface area contributed by atoms with E-state index in [0.717, 1.165) is 24.7 Å². The third-order valence-electron chi connectivity index (χ3n) is 3.86. The molecule has 0 aromatic heterocycles. The minimum atomic E-state index is 0.124. The van der Waals surface area contributed by atoms with Crippen molar-refractivity contribution in [2.45, 2.75) is 51.0 Å². The van der Waals surface area contributed by atoms with E-state index in [1.165, 1.54) is 12.8 Å². The van der Waals surface area contributed by atoms with Crippen molar-refractivity contribution in [2.75, 3.05) is 7.11 Å². The minimum absolute atomic E-state index is 0.124. The summed E-state index contributed by atoms with van der Waals surface area (Å²) in [7, 11) is 1.61. The molecule has 1 aliphatic rings. The van der Waals surface area contributed by atoms with Gasteiger partial charge in [-0.05, 0) is 49.3 Å². The van der Waals surface area contributed by atoms with Crippen LogP contribution in [0, 0.1) is 0 Å². The molecule has 0 spiro atoms. The summed E-state index contributed by atoms with van der Waals surface area (Å²) in [6.07, 6.45) is 6.19. The molecule has 0 bridgehead atoms. The summed E-state index contributed by atoms with van der Waals surface area (Å²) in [5, 5.41) is 0.559. The second-order valence-electron chi connectivity index (χ2n) is 5.36. The van der Waals surface area contributed by atoms with Gasteiger partial charge < -0.3 is 14.3 Å². The predicted octanol–water partition coefficient (Wildman–Crippen LogP) is 4.36. The molecule has 0 N–H and O–H groups in total. The number of carbonyl (C=O) groups excluding carboxylic acids is 1. The van der Waals surface area contributed by atoms with Gasteiger partial charge in [0.1, 0.15) is 6.29 Å². The molecule has 1 atom stereocenters. The summed E-state index contributed by atoms with van der Waals surface area (Å²) in [5.74, 6) is 1.40. The van der Waals surface area contributed by atoms with Crippen LogP contribution in [0.1, 0.15) is 50.5 Å². The Morgan fingerprint density at radius 2 is 2.10 bits per heavy atom. The van der Waals surface area contributed by atoms with Crippen molar-refractivity contribution >= 4 is 17.9 Å². The van der Waals surface area contributed by atoms with Crippen molar-refractivity contribution in [3.63, 3.8) is 0 Å². The highest BCUT2D eigenvalue weighted by molar-refractivity contribution is 6.32. The molecule has 0 radical (unpaired) electrons. The molecule has 1 aliphatic carbocycles. The van der Waals surface area contributed by atoms with Crippen LogP contribution in [-0.4, -0.2) is 19.5 Å². The first-order valence-electron chi connectivity index (χ1n) is 7.13. The first-order valence-corrected chi connectivity index (χ1v) is 7.51. The van der Waals surface area contributed by atoms with Crippen LogP contribution in [0.2, 0.25) is 5.02 Å². The minimum Gasteiger partial charge on any atom is -0.493 e. The molecule has 0 amide bonds. The van der Waals surface area contributed by atoms with E-state index in [-0.39, 0.29) is 12.0 Å². The number of halogens is 1. The van der Waals surface area contributed by atoms with E-state index in [4.69, 9.17) is 21.1 Å². The molecule has 3 nitrogen and oxygen atoms in total. The van der Waals surface area contributed by atoms with E-state index < -0.39 is 0 Å². The number of benzene rings is 1. The standard InChI is InChI=1S/C16H21ClO3/c1-11(7-8-18)12-9-14(17)16(15(10-12)19-2)20-13-5-3-4-6-13/h8-11,13H,3-7H2,1-2H3. The van der Waals surface area contributed by atoms with Crippen molar-refractivity contribution in [3.05, 3.63) is 22.7 Å². The highest BCUT2D eigenvalue weighted by Gasteiger charge is 2.21. The van der Waals surface area contributed by atoms with Gasteiger partial charge in [-0.25, -0.2) is 0 Å². The molecule has 110 valence electrons. The van der Waals surface area contributed by atoms with Crippen LogP contribution in [-0.2, 0) is 4.79 Å². The molecule has 1 unspecified atom stereocenters. The molecule has 0 heterocycles. The molecule has 1 aromatic rings. The van der Waals surface area contributed by atoms with Crippen molar-refractivity contribution in [3.8, 4) is 11.5 Å². The zero-order valence-electron chi connectivity index (χ0n) is 12.0. The van der Waals surface area contributed by atoms with Crippen LogP contribution < -0.4 is 9.47 Å². The van der Waals surface area contributed by atoms with Gasteiger partial charge >= 0.3 is 0 Å². The lowest BCUT2D eigenvalue weighted by Crippen LogP contribution is -2.12. The van der Waals surface area contributed by atoms with Gasteiger partial charge in [-0.2, -0.15) is 0 Å². The molecule has 4 heteroatoms. The number of carbonyl (C=O) groups is 1. The van der Waals surface area contributed by atoms with Gasteiger partial charge in [0, 0.05) is 6.42 Å². The summed E-state index contributed by atoms with van der Waals surface area (Å²) in [5.41, 5.74) is 0.998. The fourth-order valence-electron chi connectivity index (χ4n) is 2.59. The SMILES string of the molecule is COc1cc(C(C)CC=O)cc(Cl)c1OC1CCCC1. The quantitative estimate of drug-likeness (QED) is 0.732. The Morgan fingerprint density at radius 1 is 1.40 bits per heavy atom. The van der Waals surface area contributed by atoms with Crippen LogP contribution in [0.15, 0.2) is 12.1 Å². The Hall–Kier alpha value is -1.22. The van der Waals surface area contributed by atoms with E-state index in [2.05, 4.69) is 0 Å². The first-order chi connectivity index (χ1) is 9.65. The number of ether oxygens (including phenoxy) is 2. The highest BCUT2D eigenvalue weighted by Crippen LogP contribution is 2.40. The molecule has 2 rings (SSSR count).